The molecule has 1 saturated heterocycles. The maximum Gasteiger partial charge on any atom is 0.234 e. The summed E-state index contributed by atoms with van der Waals surface area (Å²) in [4.78, 5) is 13.0. The van der Waals surface area contributed by atoms with Crippen LogP contribution < -0.4 is 5.32 Å². The standard InChI is InChI=1S/C8H16N2O2/c11-6-2-1-4-10-5-3-9-8(12)7-10/h11H,1-7H2,(H,9,12). The van der Waals surface area contributed by atoms with Gasteiger partial charge in [0.1, 0.15) is 0 Å². The summed E-state index contributed by atoms with van der Waals surface area (Å²) in [5.41, 5.74) is 0. The van der Waals surface area contributed by atoms with Crippen molar-refractivity contribution in [3.05, 3.63) is 0 Å². The van der Waals surface area contributed by atoms with Crippen molar-refractivity contribution < 1.29 is 9.90 Å². The molecule has 1 aliphatic heterocycles. The molecule has 0 unspecified atom stereocenters. The van der Waals surface area contributed by atoms with Gasteiger partial charge in [0.2, 0.25) is 5.91 Å². The van der Waals surface area contributed by atoms with Crippen molar-refractivity contribution in [1.29, 1.82) is 0 Å². The molecule has 4 heteroatoms. The summed E-state index contributed by atoms with van der Waals surface area (Å²) in [6, 6.07) is 0. The molecule has 70 valence electrons. The zero-order valence-electron chi connectivity index (χ0n) is 7.25. The number of hydrogen-bond donors (Lipinski definition) is 2. The molecule has 1 aliphatic rings. The molecule has 12 heavy (non-hydrogen) atoms. The van der Waals surface area contributed by atoms with E-state index in [4.69, 9.17) is 5.11 Å². The first-order valence-corrected chi connectivity index (χ1v) is 4.43. The van der Waals surface area contributed by atoms with Crippen molar-refractivity contribution in [1.82, 2.24) is 10.2 Å². The summed E-state index contributed by atoms with van der Waals surface area (Å²) in [6.07, 6.45) is 1.81. The van der Waals surface area contributed by atoms with Crippen molar-refractivity contribution >= 4 is 5.91 Å². The molecule has 0 radical (unpaired) electrons. The van der Waals surface area contributed by atoms with Gasteiger partial charge in [-0.1, -0.05) is 0 Å². The number of rotatable bonds is 4. The Morgan fingerprint density at radius 2 is 2.33 bits per heavy atom. The van der Waals surface area contributed by atoms with Gasteiger partial charge in [0.05, 0.1) is 6.54 Å². The van der Waals surface area contributed by atoms with Crippen LogP contribution in [0, 0.1) is 0 Å². The van der Waals surface area contributed by atoms with Crippen molar-refractivity contribution in [3.8, 4) is 0 Å². The molecule has 0 aromatic heterocycles. The summed E-state index contributed by atoms with van der Waals surface area (Å²) in [5, 5.41) is 11.3. The molecule has 0 bridgehead atoms. The minimum atomic E-state index is 0.116. The number of aliphatic hydroxyl groups is 1. The van der Waals surface area contributed by atoms with E-state index in [1.807, 2.05) is 0 Å². The fourth-order valence-electron chi connectivity index (χ4n) is 1.33. The summed E-state index contributed by atoms with van der Waals surface area (Å²) >= 11 is 0. The van der Waals surface area contributed by atoms with Gasteiger partial charge < -0.3 is 10.4 Å². The number of carbonyl (C=O) groups is 1. The predicted molar refractivity (Wildman–Crippen MR) is 45.8 cm³/mol. The third kappa shape index (κ3) is 3.19. The average molecular weight is 172 g/mol. The molecular weight excluding hydrogens is 156 g/mol. The Bertz CT molecular complexity index is 150. The molecular formula is C8H16N2O2. The van der Waals surface area contributed by atoms with Crippen LogP contribution in [-0.4, -0.2) is 48.7 Å². The first-order chi connectivity index (χ1) is 5.83. The number of nitrogens with one attached hydrogen (secondary N) is 1. The van der Waals surface area contributed by atoms with Crippen molar-refractivity contribution in [3.63, 3.8) is 0 Å². The molecule has 1 fully saturated rings. The van der Waals surface area contributed by atoms with Crippen molar-refractivity contribution in [2.45, 2.75) is 12.8 Å². The van der Waals surface area contributed by atoms with E-state index in [9.17, 15) is 4.79 Å². The quantitative estimate of drug-likeness (QED) is 0.545. The lowest BCUT2D eigenvalue weighted by atomic mass is 10.2. The third-order valence-corrected chi connectivity index (χ3v) is 2.00. The molecule has 0 aliphatic carbocycles. The smallest absolute Gasteiger partial charge is 0.234 e. The van der Waals surface area contributed by atoms with Crippen LogP contribution in [0.5, 0.6) is 0 Å². The Morgan fingerprint density at radius 1 is 1.50 bits per heavy atom. The molecule has 1 heterocycles. The maximum absolute atomic E-state index is 10.9. The number of amides is 1. The van der Waals surface area contributed by atoms with Gasteiger partial charge in [-0.3, -0.25) is 9.69 Å². The van der Waals surface area contributed by atoms with E-state index < -0.39 is 0 Å². The highest BCUT2D eigenvalue weighted by Gasteiger charge is 2.14. The highest BCUT2D eigenvalue weighted by Crippen LogP contribution is 1.97. The number of nitrogens with zero attached hydrogens (tertiary/aromatic N) is 1. The minimum absolute atomic E-state index is 0.116. The van der Waals surface area contributed by atoms with Crippen LogP contribution in [0.2, 0.25) is 0 Å². The number of carbonyl (C=O) groups excluding carboxylic acids is 1. The van der Waals surface area contributed by atoms with E-state index in [1.165, 1.54) is 0 Å². The average Bonchev–Trinajstić information content (AvgIpc) is 2.05. The SMILES string of the molecule is O=C1CN(CCCCO)CCN1. The molecule has 0 aromatic carbocycles. The molecule has 0 spiro atoms. The van der Waals surface area contributed by atoms with Gasteiger partial charge in [-0.25, -0.2) is 0 Å². The Morgan fingerprint density at radius 3 is 3.00 bits per heavy atom. The van der Waals surface area contributed by atoms with Crippen LogP contribution in [0.3, 0.4) is 0 Å². The molecule has 1 rings (SSSR count). The van der Waals surface area contributed by atoms with Gasteiger partial charge in [-0.2, -0.15) is 0 Å². The summed E-state index contributed by atoms with van der Waals surface area (Å²) in [7, 11) is 0. The monoisotopic (exact) mass is 172 g/mol. The maximum atomic E-state index is 10.9. The Balaban J connectivity index is 2.10. The van der Waals surface area contributed by atoms with E-state index in [0.717, 1.165) is 32.5 Å². The lowest BCUT2D eigenvalue weighted by molar-refractivity contribution is -0.124. The van der Waals surface area contributed by atoms with E-state index >= 15 is 0 Å². The third-order valence-electron chi connectivity index (χ3n) is 2.00. The van der Waals surface area contributed by atoms with E-state index in [-0.39, 0.29) is 12.5 Å². The first kappa shape index (κ1) is 9.48. The number of unbranched alkanes of at least 4 members (excludes halogenated alkanes) is 1. The van der Waals surface area contributed by atoms with E-state index in [0.29, 0.717) is 6.54 Å². The summed E-state index contributed by atoms with van der Waals surface area (Å²) < 4.78 is 0. The van der Waals surface area contributed by atoms with Gasteiger partial charge >= 0.3 is 0 Å². The highest BCUT2D eigenvalue weighted by molar-refractivity contribution is 5.78. The molecule has 4 nitrogen and oxygen atoms in total. The van der Waals surface area contributed by atoms with E-state index in [2.05, 4.69) is 10.2 Å². The van der Waals surface area contributed by atoms with Crippen LogP contribution in [0.4, 0.5) is 0 Å². The zero-order chi connectivity index (χ0) is 8.81. The topological polar surface area (TPSA) is 52.6 Å². The van der Waals surface area contributed by atoms with Gasteiger partial charge in [0, 0.05) is 19.7 Å². The first-order valence-electron chi connectivity index (χ1n) is 4.43. The van der Waals surface area contributed by atoms with Crippen LogP contribution >= 0.6 is 0 Å². The molecule has 1 amide bonds. The zero-order valence-corrected chi connectivity index (χ0v) is 7.25. The number of piperazine rings is 1. The fourth-order valence-corrected chi connectivity index (χ4v) is 1.33. The van der Waals surface area contributed by atoms with Gasteiger partial charge in [-0.15, -0.1) is 0 Å². The van der Waals surface area contributed by atoms with Crippen molar-refractivity contribution in [2.24, 2.45) is 0 Å². The predicted octanol–water partition coefficient (Wildman–Crippen LogP) is -0.809. The molecule has 0 atom stereocenters. The second kappa shape index (κ2) is 5.11. The highest BCUT2D eigenvalue weighted by atomic mass is 16.2. The summed E-state index contributed by atoms with van der Waals surface area (Å²) in [6.45, 7) is 3.40. The lowest BCUT2D eigenvalue weighted by Gasteiger charge is -2.26. The van der Waals surface area contributed by atoms with Crippen LogP contribution in [0.1, 0.15) is 12.8 Å². The largest absolute Gasteiger partial charge is 0.396 e. The Labute approximate surface area is 72.6 Å². The van der Waals surface area contributed by atoms with Gasteiger partial charge in [0.15, 0.2) is 0 Å². The number of aliphatic hydroxyl groups excluding tert-OH is 1. The van der Waals surface area contributed by atoms with E-state index in [1.54, 1.807) is 0 Å². The minimum Gasteiger partial charge on any atom is -0.396 e. The van der Waals surface area contributed by atoms with Crippen LogP contribution in [0.25, 0.3) is 0 Å². The molecule has 2 N–H and O–H groups in total. The Hall–Kier alpha value is -0.610. The Kier molecular flexibility index (Phi) is 4.04. The molecule has 0 aromatic rings. The van der Waals surface area contributed by atoms with Crippen LogP contribution in [0.15, 0.2) is 0 Å². The second-order valence-electron chi connectivity index (χ2n) is 3.06. The normalized spacial score (nSPS) is 19.2. The fraction of sp³-hybridized carbons (Fsp3) is 0.875. The summed E-state index contributed by atoms with van der Waals surface area (Å²) in [5.74, 6) is 0.116. The van der Waals surface area contributed by atoms with Gasteiger partial charge in [-0.05, 0) is 19.4 Å². The lowest BCUT2D eigenvalue weighted by Crippen LogP contribution is -2.47. The van der Waals surface area contributed by atoms with Crippen molar-refractivity contribution in [2.75, 3.05) is 32.8 Å². The molecule has 0 saturated carbocycles. The van der Waals surface area contributed by atoms with Gasteiger partial charge in [0.25, 0.3) is 0 Å². The van der Waals surface area contributed by atoms with Crippen LogP contribution in [-0.2, 0) is 4.79 Å². The number of hydrogen-bond acceptors (Lipinski definition) is 3. The second-order valence-corrected chi connectivity index (χ2v) is 3.06.